The molecule has 2 rings (SSSR count). The number of ether oxygens (including phenoxy) is 1. The molecule has 6 heteroatoms. The van der Waals surface area contributed by atoms with Crippen LogP contribution in [0, 0.1) is 5.41 Å². The Labute approximate surface area is 157 Å². The Bertz CT molecular complexity index is 815. The number of benzene rings is 2. The van der Waals surface area contributed by atoms with Gasteiger partial charge in [-0.15, -0.1) is 6.58 Å². The van der Waals surface area contributed by atoms with Crippen LogP contribution in [0.5, 0.6) is 5.75 Å². The number of carbonyl (C=O) groups is 2. The Hall–Kier alpha value is -3.28. The van der Waals surface area contributed by atoms with Crippen LogP contribution in [0.1, 0.15) is 23.5 Å². The Balaban J connectivity index is 2.65. The van der Waals surface area contributed by atoms with Crippen molar-refractivity contribution in [2.24, 2.45) is 5.41 Å². The fourth-order valence-electron chi connectivity index (χ4n) is 3.29. The minimum atomic E-state index is -2.07. The number of hydrogen-bond donors (Lipinski definition) is 3. The Morgan fingerprint density at radius 3 is 2.22 bits per heavy atom. The standard InChI is InChI=1S/C21H23NO5/c1-3-12-21(19(23)24,20(25)26)17(13-15-6-4-5-7-18(15)22)14-8-10-16(27-2)11-9-14/h3-11,17H,1,12-13,22H2,2H3,(H,23,24)(H,25,26). The quantitative estimate of drug-likeness (QED) is 0.355. The highest BCUT2D eigenvalue weighted by molar-refractivity contribution is 5.99. The highest BCUT2D eigenvalue weighted by Gasteiger charge is 2.52. The molecule has 0 amide bonds. The molecule has 1 atom stereocenters. The Kier molecular flexibility index (Phi) is 6.23. The Morgan fingerprint density at radius 2 is 1.74 bits per heavy atom. The van der Waals surface area contributed by atoms with Crippen molar-refractivity contribution in [2.75, 3.05) is 12.8 Å². The van der Waals surface area contributed by atoms with Gasteiger partial charge in [0.05, 0.1) is 7.11 Å². The number of carboxylic acids is 2. The van der Waals surface area contributed by atoms with Gasteiger partial charge in [-0.05, 0) is 42.2 Å². The van der Waals surface area contributed by atoms with E-state index in [4.69, 9.17) is 10.5 Å². The molecule has 0 aliphatic heterocycles. The number of nitrogens with two attached hydrogens (primary N) is 1. The third-order valence-corrected chi connectivity index (χ3v) is 4.82. The number of carboxylic acid groups (broad SMARTS) is 2. The summed E-state index contributed by atoms with van der Waals surface area (Å²) in [5, 5.41) is 19.8. The van der Waals surface area contributed by atoms with Crippen LogP contribution in [-0.4, -0.2) is 29.3 Å². The van der Waals surface area contributed by atoms with Crippen LogP contribution in [0.4, 0.5) is 5.69 Å². The summed E-state index contributed by atoms with van der Waals surface area (Å²) in [5.41, 5.74) is 5.71. The third-order valence-electron chi connectivity index (χ3n) is 4.82. The smallest absolute Gasteiger partial charge is 0.322 e. The van der Waals surface area contributed by atoms with Gasteiger partial charge in [0.2, 0.25) is 0 Å². The van der Waals surface area contributed by atoms with Gasteiger partial charge in [-0.2, -0.15) is 0 Å². The zero-order valence-electron chi connectivity index (χ0n) is 15.1. The molecule has 0 spiro atoms. The van der Waals surface area contributed by atoms with Gasteiger partial charge >= 0.3 is 11.9 Å². The number of nitrogen functional groups attached to an aromatic ring is 1. The van der Waals surface area contributed by atoms with Crippen LogP contribution < -0.4 is 10.5 Å². The van der Waals surface area contributed by atoms with Gasteiger partial charge in [0.25, 0.3) is 0 Å². The predicted octanol–water partition coefficient (Wildman–Crippen LogP) is 3.34. The minimum absolute atomic E-state index is 0.158. The highest BCUT2D eigenvalue weighted by atomic mass is 16.5. The van der Waals surface area contributed by atoms with E-state index in [2.05, 4.69) is 6.58 Å². The van der Waals surface area contributed by atoms with Gasteiger partial charge < -0.3 is 20.7 Å². The van der Waals surface area contributed by atoms with Gasteiger partial charge in [0.15, 0.2) is 5.41 Å². The lowest BCUT2D eigenvalue weighted by atomic mass is 9.67. The second kappa shape index (κ2) is 8.40. The van der Waals surface area contributed by atoms with Crippen LogP contribution in [0.2, 0.25) is 0 Å². The first-order valence-electron chi connectivity index (χ1n) is 8.41. The number of rotatable bonds is 9. The molecule has 2 aromatic carbocycles. The van der Waals surface area contributed by atoms with Gasteiger partial charge in [0, 0.05) is 11.6 Å². The number of methoxy groups -OCH3 is 1. The number of aliphatic carboxylic acids is 2. The van der Waals surface area contributed by atoms with Crippen LogP contribution >= 0.6 is 0 Å². The minimum Gasteiger partial charge on any atom is -0.497 e. The normalized spacial score (nSPS) is 12.2. The average Bonchev–Trinajstić information content (AvgIpc) is 2.65. The molecule has 2 aromatic rings. The summed E-state index contributed by atoms with van der Waals surface area (Å²) >= 11 is 0. The molecule has 6 nitrogen and oxygen atoms in total. The monoisotopic (exact) mass is 369 g/mol. The molecule has 0 aliphatic carbocycles. The molecular weight excluding hydrogens is 346 g/mol. The topological polar surface area (TPSA) is 110 Å². The summed E-state index contributed by atoms with van der Waals surface area (Å²) in [4.78, 5) is 24.4. The molecule has 142 valence electrons. The second-order valence-corrected chi connectivity index (χ2v) is 6.30. The zero-order valence-corrected chi connectivity index (χ0v) is 15.1. The number of anilines is 1. The fourth-order valence-corrected chi connectivity index (χ4v) is 3.29. The molecule has 27 heavy (non-hydrogen) atoms. The van der Waals surface area contributed by atoms with E-state index >= 15 is 0 Å². The molecule has 0 radical (unpaired) electrons. The highest BCUT2D eigenvalue weighted by Crippen LogP contribution is 2.43. The summed E-state index contributed by atoms with van der Waals surface area (Å²) < 4.78 is 5.15. The molecule has 0 aromatic heterocycles. The SMILES string of the molecule is C=CCC(C(=O)O)(C(=O)O)C(Cc1ccccc1N)c1ccc(OC)cc1. The lowest BCUT2D eigenvalue weighted by Gasteiger charge is -2.33. The summed E-state index contributed by atoms with van der Waals surface area (Å²) in [5.74, 6) is -3.09. The summed E-state index contributed by atoms with van der Waals surface area (Å²) in [6.45, 7) is 3.57. The maximum atomic E-state index is 12.2. The fraction of sp³-hybridized carbons (Fsp3) is 0.238. The van der Waals surface area contributed by atoms with Crippen LogP contribution in [0.3, 0.4) is 0 Å². The van der Waals surface area contributed by atoms with E-state index in [0.29, 0.717) is 22.6 Å². The Morgan fingerprint density at radius 1 is 1.15 bits per heavy atom. The van der Waals surface area contributed by atoms with E-state index in [0.717, 1.165) is 0 Å². The van der Waals surface area contributed by atoms with Crippen molar-refractivity contribution >= 4 is 17.6 Å². The van der Waals surface area contributed by atoms with Crippen molar-refractivity contribution in [3.05, 3.63) is 72.3 Å². The lowest BCUT2D eigenvalue weighted by molar-refractivity contribution is -0.166. The van der Waals surface area contributed by atoms with Crippen molar-refractivity contribution in [3.63, 3.8) is 0 Å². The van der Waals surface area contributed by atoms with E-state index in [1.165, 1.54) is 13.2 Å². The van der Waals surface area contributed by atoms with Gasteiger partial charge in [-0.3, -0.25) is 9.59 Å². The maximum absolute atomic E-state index is 12.2. The molecular formula is C21H23NO5. The van der Waals surface area contributed by atoms with Crippen molar-refractivity contribution in [1.29, 1.82) is 0 Å². The summed E-state index contributed by atoms with van der Waals surface area (Å²) in [6, 6.07) is 13.8. The molecule has 0 saturated heterocycles. The van der Waals surface area contributed by atoms with E-state index < -0.39 is 23.3 Å². The first-order chi connectivity index (χ1) is 12.9. The molecule has 1 unspecified atom stereocenters. The van der Waals surface area contributed by atoms with Crippen molar-refractivity contribution in [1.82, 2.24) is 0 Å². The first-order valence-corrected chi connectivity index (χ1v) is 8.41. The van der Waals surface area contributed by atoms with Crippen molar-refractivity contribution in [2.45, 2.75) is 18.8 Å². The van der Waals surface area contributed by atoms with E-state index in [-0.39, 0.29) is 12.8 Å². The largest absolute Gasteiger partial charge is 0.497 e. The summed E-state index contributed by atoms with van der Waals surface area (Å²) in [7, 11) is 1.52. The zero-order chi connectivity index (χ0) is 20.0. The van der Waals surface area contributed by atoms with Crippen LogP contribution in [0.25, 0.3) is 0 Å². The maximum Gasteiger partial charge on any atom is 0.322 e. The second-order valence-electron chi connectivity index (χ2n) is 6.30. The van der Waals surface area contributed by atoms with Gasteiger partial charge in [0.1, 0.15) is 5.75 Å². The van der Waals surface area contributed by atoms with E-state index in [1.54, 1.807) is 48.5 Å². The predicted molar refractivity (Wildman–Crippen MR) is 103 cm³/mol. The molecule has 0 aliphatic rings. The van der Waals surface area contributed by atoms with Crippen molar-refractivity contribution in [3.8, 4) is 5.75 Å². The van der Waals surface area contributed by atoms with Crippen molar-refractivity contribution < 1.29 is 24.5 Å². The average molecular weight is 369 g/mol. The first kappa shape index (κ1) is 20.0. The summed E-state index contributed by atoms with van der Waals surface area (Å²) in [6.07, 6.45) is 1.26. The van der Waals surface area contributed by atoms with Gasteiger partial charge in [-0.25, -0.2) is 0 Å². The van der Waals surface area contributed by atoms with Gasteiger partial charge in [-0.1, -0.05) is 36.4 Å². The lowest BCUT2D eigenvalue weighted by Crippen LogP contribution is -2.45. The third kappa shape index (κ3) is 3.95. The number of allylic oxidation sites excluding steroid dienone is 1. The van der Waals surface area contributed by atoms with E-state index in [9.17, 15) is 19.8 Å². The molecule has 0 fully saturated rings. The van der Waals surface area contributed by atoms with Crippen LogP contribution in [0.15, 0.2) is 61.2 Å². The molecule has 0 heterocycles. The number of hydrogen-bond acceptors (Lipinski definition) is 4. The molecule has 0 saturated carbocycles. The van der Waals surface area contributed by atoms with E-state index in [1.807, 2.05) is 0 Å². The molecule has 0 bridgehead atoms. The molecule has 4 N–H and O–H groups in total. The van der Waals surface area contributed by atoms with Crippen LogP contribution in [-0.2, 0) is 16.0 Å². The number of para-hydroxylation sites is 1.